The zero-order valence-electron chi connectivity index (χ0n) is 12.2. The van der Waals surface area contributed by atoms with Crippen molar-refractivity contribution in [2.45, 2.75) is 19.3 Å². The molecule has 2 rings (SSSR count). The van der Waals surface area contributed by atoms with Gasteiger partial charge in [-0.05, 0) is 60.6 Å². The second-order valence-corrected chi connectivity index (χ2v) is 7.65. The topological polar surface area (TPSA) is 17.1 Å². The van der Waals surface area contributed by atoms with E-state index >= 15 is 0 Å². The first-order valence-electron chi connectivity index (χ1n) is 7.17. The predicted octanol–water partition coefficient (Wildman–Crippen LogP) is 7.38. The third kappa shape index (κ3) is 5.34. The van der Waals surface area contributed by atoms with Gasteiger partial charge in [0, 0.05) is 26.3 Å². The van der Waals surface area contributed by atoms with Crippen LogP contribution < -0.4 is 0 Å². The van der Waals surface area contributed by atoms with Crippen molar-refractivity contribution in [3.05, 3.63) is 67.6 Å². The Morgan fingerprint density at radius 1 is 0.783 bits per heavy atom. The van der Waals surface area contributed by atoms with E-state index in [-0.39, 0.29) is 14.4 Å². The van der Waals surface area contributed by atoms with Crippen LogP contribution in [0.25, 0.3) is 0 Å². The maximum Gasteiger partial charge on any atom is 0.155 e. The van der Waals surface area contributed by atoms with Gasteiger partial charge in [-0.2, -0.15) is 0 Å². The highest BCUT2D eigenvalue weighted by molar-refractivity contribution is 7.23. The molecule has 0 spiro atoms. The molecule has 0 atom stereocenters. The normalized spacial score (nSPS) is 11.3. The van der Waals surface area contributed by atoms with E-state index in [1.807, 2.05) is 36.4 Å². The molecule has 0 fully saturated rings. The fraction of sp³-hybridized carbons (Fsp3) is 0.294. The fourth-order valence-electron chi connectivity index (χ4n) is 2.54. The average molecular weight is 408 g/mol. The second-order valence-electron chi connectivity index (χ2n) is 5.32. The van der Waals surface area contributed by atoms with Crippen molar-refractivity contribution in [1.29, 1.82) is 0 Å². The zero-order chi connectivity index (χ0) is 16.8. The lowest BCUT2D eigenvalue weighted by Gasteiger charge is -2.19. The monoisotopic (exact) mass is 406 g/mol. The zero-order valence-corrected chi connectivity index (χ0v) is 16.2. The molecule has 6 heteroatoms. The van der Waals surface area contributed by atoms with Gasteiger partial charge in [-0.3, -0.25) is 4.57 Å². The molecule has 0 heterocycles. The Morgan fingerprint density at radius 3 is 1.52 bits per heavy atom. The standard InChI is InChI=1S/C17H15Cl4OP/c18-14-3-1-4-15(19)12(14)9-11(7-8-23-22)10-13-16(20)5-2-6-17(13)21/h1-6,11H,7-10H2. The molecule has 0 saturated heterocycles. The van der Waals surface area contributed by atoms with Crippen LogP contribution in [0.2, 0.25) is 20.1 Å². The molecule has 0 amide bonds. The lowest BCUT2D eigenvalue weighted by atomic mass is 9.90. The smallest absolute Gasteiger partial charge is 0.155 e. The Balaban J connectivity index is 2.25. The van der Waals surface area contributed by atoms with E-state index in [1.54, 1.807) is 0 Å². The summed E-state index contributed by atoms with van der Waals surface area (Å²) in [5.41, 5.74) is 1.82. The summed E-state index contributed by atoms with van der Waals surface area (Å²) in [5, 5.41) is 2.58. The number of hydrogen-bond acceptors (Lipinski definition) is 1. The van der Waals surface area contributed by atoms with Crippen LogP contribution in [0, 0.1) is 5.92 Å². The van der Waals surface area contributed by atoms with E-state index in [9.17, 15) is 4.57 Å². The van der Waals surface area contributed by atoms with E-state index < -0.39 is 0 Å². The summed E-state index contributed by atoms with van der Waals surface area (Å²) in [7, 11) is 0.132. The number of rotatable bonds is 7. The van der Waals surface area contributed by atoms with Crippen LogP contribution in [-0.2, 0) is 17.4 Å². The fourth-order valence-corrected chi connectivity index (χ4v) is 4.12. The third-order valence-corrected chi connectivity index (χ3v) is 5.59. The summed E-state index contributed by atoms with van der Waals surface area (Å²) in [4.78, 5) is 0. The first kappa shape index (κ1) is 19.0. The number of halogens is 4. The van der Waals surface area contributed by atoms with Crippen LogP contribution in [0.1, 0.15) is 17.5 Å². The summed E-state index contributed by atoms with van der Waals surface area (Å²) in [6.07, 6.45) is 2.73. The highest BCUT2D eigenvalue weighted by atomic mass is 35.5. The lowest BCUT2D eigenvalue weighted by molar-refractivity contribution is 0.503. The number of hydrogen-bond donors (Lipinski definition) is 0. The first-order chi connectivity index (χ1) is 11.0. The van der Waals surface area contributed by atoms with E-state index in [1.165, 1.54) is 0 Å². The molecule has 1 nitrogen and oxygen atoms in total. The Labute approximate surface area is 158 Å². The maximum absolute atomic E-state index is 10.9. The average Bonchev–Trinajstić information content (AvgIpc) is 2.51. The van der Waals surface area contributed by atoms with Gasteiger partial charge in [-0.25, -0.2) is 0 Å². The van der Waals surface area contributed by atoms with Gasteiger partial charge in [0.15, 0.2) is 8.46 Å². The Kier molecular flexibility index (Phi) is 7.66. The highest BCUT2D eigenvalue weighted by Gasteiger charge is 2.18. The molecule has 0 radical (unpaired) electrons. The van der Waals surface area contributed by atoms with Crippen molar-refractivity contribution >= 4 is 54.9 Å². The van der Waals surface area contributed by atoms with Gasteiger partial charge >= 0.3 is 0 Å². The van der Waals surface area contributed by atoms with Crippen LogP contribution >= 0.6 is 54.9 Å². The van der Waals surface area contributed by atoms with Crippen molar-refractivity contribution in [3.8, 4) is 0 Å². The van der Waals surface area contributed by atoms with Gasteiger partial charge in [0.05, 0.1) is 0 Å². The van der Waals surface area contributed by atoms with Crippen molar-refractivity contribution in [3.63, 3.8) is 0 Å². The molecule has 2 aromatic rings. The molecule has 0 bridgehead atoms. The van der Waals surface area contributed by atoms with Crippen molar-refractivity contribution < 1.29 is 4.57 Å². The van der Waals surface area contributed by atoms with Gasteiger partial charge in [0.25, 0.3) is 0 Å². The van der Waals surface area contributed by atoms with Crippen LogP contribution in [0.4, 0.5) is 0 Å². The Morgan fingerprint density at radius 2 is 1.17 bits per heavy atom. The van der Waals surface area contributed by atoms with Gasteiger partial charge in [0.2, 0.25) is 0 Å². The summed E-state index contributed by atoms with van der Waals surface area (Å²) in [6.45, 7) is 0. The van der Waals surface area contributed by atoms with Crippen molar-refractivity contribution in [1.82, 2.24) is 0 Å². The van der Waals surface area contributed by atoms with Crippen molar-refractivity contribution in [2.75, 3.05) is 6.16 Å². The minimum atomic E-state index is 0.132. The molecule has 0 N–H and O–H groups in total. The van der Waals surface area contributed by atoms with Crippen LogP contribution in [0.5, 0.6) is 0 Å². The quantitative estimate of drug-likeness (QED) is 0.437. The molecule has 2 aromatic carbocycles. The summed E-state index contributed by atoms with van der Waals surface area (Å²) in [5.74, 6) is 0.200. The molecule has 0 aliphatic rings. The molecule has 0 aliphatic heterocycles. The molecule has 0 aromatic heterocycles. The molecule has 0 aliphatic carbocycles. The van der Waals surface area contributed by atoms with E-state index in [0.717, 1.165) is 17.5 Å². The first-order valence-corrected chi connectivity index (χ1v) is 9.68. The molecular formula is C17H15Cl4OP. The lowest BCUT2D eigenvalue weighted by Crippen LogP contribution is -2.11. The third-order valence-electron chi connectivity index (χ3n) is 3.74. The van der Waals surface area contributed by atoms with Gasteiger partial charge in [-0.1, -0.05) is 58.5 Å². The molecule has 23 heavy (non-hydrogen) atoms. The van der Waals surface area contributed by atoms with Crippen LogP contribution in [0.3, 0.4) is 0 Å². The minimum Gasteiger partial charge on any atom is -0.275 e. The predicted molar refractivity (Wildman–Crippen MR) is 101 cm³/mol. The van der Waals surface area contributed by atoms with Crippen LogP contribution in [-0.4, -0.2) is 6.16 Å². The highest BCUT2D eigenvalue weighted by Crippen LogP contribution is 2.33. The molecular weight excluding hydrogens is 393 g/mol. The minimum absolute atomic E-state index is 0.132. The second kappa shape index (κ2) is 9.25. The summed E-state index contributed by atoms with van der Waals surface area (Å²) < 4.78 is 10.9. The largest absolute Gasteiger partial charge is 0.275 e. The van der Waals surface area contributed by atoms with Gasteiger partial charge in [0.1, 0.15) is 0 Å². The number of benzene rings is 2. The Bertz CT molecular complexity index is 596. The van der Waals surface area contributed by atoms with E-state index in [2.05, 4.69) is 0 Å². The van der Waals surface area contributed by atoms with Crippen LogP contribution in [0.15, 0.2) is 36.4 Å². The van der Waals surface area contributed by atoms with Crippen molar-refractivity contribution in [2.24, 2.45) is 5.92 Å². The van der Waals surface area contributed by atoms with E-state index in [0.29, 0.717) is 39.1 Å². The summed E-state index contributed by atoms with van der Waals surface area (Å²) in [6, 6.07) is 11.0. The van der Waals surface area contributed by atoms with E-state index in [4.69, 9.17) is 46.4 Å². The SMILES string of the molecule is O=PCCC(Cc1c(Cl)cccc1Cl)Cc1c(Cl)cccc1Cl. The molecule has 0 unspecified atom stereocenters. The van der Waals surface area contributed by atoms with Gasteiger partial charge in [-0.15, -0.1) is 0 Å². The molecule has 122 valence electrons. The molecule has 0 saturated carbocycles. The maximum atomic E-state index is 10.9. The summed E-state index contributed by atoms with van der Waals surface area (Å²) >= 11 is 25.1. The van der Waals surface area contributed by atoms with Gasteiger partial charge < -0.3 is 0 Å². The Hall–Kier alpha value is -0.300.